The number of aromatic amines is 1. The van der Waals surface area contributed by atoms with Crippen molar-refractivity contribution in [3.63, 3.8) is 0 Å². The quantitative estimate of drug-likeness (QED) is 0.794. The first-order chi connectivity index (χ1) is 8.45. The molecule has 0 saturated carbocycles. The summed E-state index contributed by atoms with van der Waals surface area (Å²) >= 11 is 0. The summed E-state index contributed by atoms with van der Waals surface area (Å²) in [6.45, 7) is 3.58. The van der Waals surface area contributed by atoms with Crippen molar-refractivity contribution in [2.45, 2.75) is 32.8 Å². The Kier molecular flexibility index (Phi) is 4.88. The summed E-state index contributed by atoms with van der Waals surface area (Å²) < 4.78 is 5.04. The van der Waals surface area contributed by atoms with E-state index < -0.39 is 12.1 Å². The molecule has 1 aromatic heterocycles. The highest BCUT2D eigenvalue weighted by atomic mass is 16.5. The fourth-order valence-corrected chi connectivity index (χ4v) is 1.50. The van der Waals surface area contributed by atoms with Crippen LogP contribution in [0.4, 0.5) is 0 Å². The molecule has 1 rings (SSSR count). The van der Waals surface area contributed by atoms with Crippen molar-refractivity contribution in [1.29, 1.82) is 0 Å². The molecule has 1 aromatic rings. The topological polar surface area (TPSA) is 75.3 Å². The van der Waals surface area contributed by atoms with E-state index in [1.165, 1.54) is 4.90 Å². The van der Waals surface area contributed by atoms with Crippen LogP contribution in [0.3, 0.4) is 0 Å². The number of hydrogen-bond donors (Lipinski definition) is 1. The molecule has 1 atom stereocenters. The lowest BCUT2D eigenvalue weighted by Crippen LogP contribution is -2.34. The summed E-state index contributed by atoms with van der Waals surface area (Å²) in [6.07, 6.45) is 0.984. The minimum atomic E-state index is -0.807. The smallest absolute Gasteiger partial charge is 0.359 e. The van der Waals surface area contributed by atoms with Crippen LogP contribution < -0.4 is 0 Å². The summed E-state index contributed by atoms with van der Waals surface area (Å²) in [6, 6.07) is 1.65. The Balaban J connectivity index is 2.61. The van der Waals surface area contributed by atoms with Gasteiger partial charge in [-0.25, -0.2) is 4.79 Å². The van der Waals surface area contributed by atoms with Gasteiger partial charge in [0.1, 0.15) is 0 Å². The van der Waals surface area contributed by atoms with Gasteiger partial charge in [0.05, 0.1) is 0 Å². The molecule has 0 bridgehead atoms. The highest BCUT2D eigenvalue weighted by Crippen LogP contribution is 2.06. The molecule has 1 heterocycles. The fraction of sp³-hybridized carbons (Fsp3) is 0.583. The number of aromatic nitrogens is 2. The van der Waals surface area contributed by atoms with Gasteiger partial charge >= 0.3 is 5.97 Å². The molecule has 100 valence electrons. The third kappa shape index (κ3) is 3.58. The predicted molar refractivity (Wildman–Crippen MR) is 66.2 cm³/mol. The third-order valence-corrected chi connectivity index (χ3v) is 2.43. The third-order valence-electron chi connectivity index (χ3n) is 2.43. The van der Waals surface area contributed by atoms with E-state index in [0.29, 0.717) is 0 Å². The second-order valence-electron chi connectivity index (χ2n) is 4.31. The molecule has 0 aliphatic heterocycles. The van der Waals surface area contributed by atoms with Crippen molar-refractivity contribution >= 4 is 11.9 Å². The van der Waals surface area contributed by atoms with Crippen LogP contribution in [0.15, 0.2) is 6.07 Å². The molecule has 1 amide bonds. The van der Waals surface area contributed by atoms with Crippen LogP contribution in [0, 0.1) is 0 Å². The molecule has 0 radical (unpaired) electrons. The van der Waals surface area contributed by atoms with Crippen LogP contribution in [0.25, 0.3) is 0 Å². The number of carbonyl (C=O) groups excluding carboxylic acids is 2. The Bertz CT molecular complexity index is 426. The molecule has 18 heavy (non-hydrogen) atoms. The van der Waals surface area contributed by atoms with Crippen molar-refractivity contribution < 1.29 is 14.3 Å². The number of hydrogen-bond acceptors (Lipinski definition) is 4. The maximum Gasteiger partial charge on any atom is 0.359 e. The maximum absolute atomic E-state index is 11.7. The van der Waals surface area contributed by atoms with Crippen LogP contribution in [0.1, 0.15) is 36.5 Å². The number of ether oxygens (including phenoxy) is 1. The number of amides is 1. The van der Waals surface area contributed by atoms with Gasteiger partial charge in [0.15, 0.2) is 11.8 Å². The van der Waals surface area contributed by atoms with Crippen molar-refractivity contribution in [1.82, 2.24) is 15.1 Å². The van der Waals surface area contributed by atoms with Gasteiger partial charge in [-0.2, -0.15) is 5.10 Å². The van der Waals surface area contributed by atoms with Gasteiger partial charge in [-0.05, 0) is 19.4 Å². The molecule has 6 nitrogen and oxygen atoms in total. The minimum Gasteiger partial charge on any atom is -0.448 e. The van der Waals surface area contributed by atoms with Crippen LogP contribution in [0.5, 0.6) is 0 Å². The zero-order chi connectivity index (χ0) is 13.7. The van der Waals surface area contributed by atoms with E-state index >= 15 is 0 Å². The lowest BCUT2D eigenvalue weighted by molar-refractivity contribution is -0.137. The average Bonchev–Trinajstić information content (AvgIpc) is 2.77. The summed E-state index contributed by atoms with van der Waals surface area (Å²) in [5.74, 6) is -0.844. The van der Waals surface area contributed by atoms with Gasteiger partial charge in [-0.15, -0.1) is 0 Å². The summed E-state index contributed by atoms with van der Waals surface area (Å²) in [7, 11) is 3.22. The Labute approximate surface area is 106 Å². The number of carbonyl (C=O) groups is 2. The average molecular weight is 253 g/mol. The maximum atomic E-state index is 11.7. The minimum absolute atomic E-state index is 0.205. The van der Waals surface area contributed by atoms with Gasteiger partial charge in [0, 0.05) is 19.8 Å². The Morgan fingerprint density at radius 2 is 2.17 bits per heavy atom. The Morgan fingerprint density at radius 3 is 2.72 bits per heavy atom. The lowest BCUT2D eigenvalue weighted by Gasteiger charge is -2.16. The van der Waals surface area contributed by atoms with E-state index in [0.717, 1.165) is 18.5 Å². The zero-order valence-corrected chi connectivity index (χ0v) is 11.2. The molecule has 0 aromatic carbocycles. The van der Waals surface area contributed by atoms with Gasteiger partial charge in [0.2, 0.25) is 0 Å². The summed E-state index contributed by atoms with van der Waals surface area (Å²) in [5, 5.41) is 6.63. The molecule has 0 saturated heterocycles. The van der Waals surface area contributed by atoms with E-state index in [9.17, 15) is 9.59 Å². The Hall–Kier alpha value is -1.85. The van der Waals surface area contributed by atoms with Crippen LogP contribution in [-0.4, -0.2) is 47.2 Å². The number of H-pyrrole nitrogens is 1. The zero-order valence-electron chi connectivity index (χ0n) is 11.2. The van der Waals surface area contributed by atoms with E-state index in [1.54, 1.807) is 27.1 Å². The number of nitrogens with one attached hydrogen (secondary N) is 1. The van der Waals surface area contributed by atoms with Gasteiger partial charge < -0.3 is 9.64 Å². The molecule has 6 heteroatoms. The predicted octanol–water partition coefficient (Wildman–Crippen LogP) is 0.996. The number of likely N-dealkylation sites (N-methyl/N-ethyl adjacent to an activating group) is 1. The van der Waals surface area contributed by atoms with Crippen molar-refractivity contribution in [2.75, 3.05) is 14.1 Å². The second kappa shape index (κ2) is 6.18. The van der Waals surface area contributed by atoms with E-state index in [-0.39, 0.29) is 11.6 Å². The Morgan fingerprint density at radius 1 is 1.50 bits per heavy atom. The van der Waals surface area contributed by atoms with Gasteiger partial charge in [0.25, 0.3) is 5.91 Å². The first-order valence-electron chi connectivity index (χ1n) is 5.92. The number of aryl methyl sites for hydroxylation is 1. The molecule has 1 N–H and O–H groups in total. The molecule has 0 fully saturated rings. The van der Waals surface area contributed by atoms with Gasteiger partial charge in [-0.1, -0.05) is 13.3 Å². The molecule has 0 spiro atoms. The fourth-order valence-electron chi connectivity index (χ4n) is 1.50. The van der Waals surface area contributed by atoms with Crippen LogP contribution in [-0.2, 0) is 16.0 Å². The SMILES string of the molecule is CCCc1cc(C(=O)OC(C)C(=O)N(C)C)n[nH]1. The molecular weight excluding hydrogens is 234 g/mol. The number of rotatable bonds is 5. The molecule has 1 unspecified atom stereocenters. The molecule has 0 aliphatic rings. The van der Waals surface area contributed by atoms with Crippen molar-refractivity contribution in [3.05, 3.63) is 17.5 Å². The molecule has 0 aliphatic carbocycles. The first-order valence-corrected chi connectivity index (χ1v) is 5.92. The van der Waals surface area contributed by atoms with Gasteiger partial charge in [-0.3, -0.25) is 9.89 Å². The van der Waals surface area contributed by atoms with Crippen LogP contribution in [0.2, 0.25) is 0 Å². The second-order valence-corrected chi connectivity index (χ2v) is 4.31. The first kappa shape index (κ1) is 14.2. The highest BCUT2D eigenvalue weighted by molar-refractivity contribution is 5.90. The van der Waals surface area contributed by atoms with Crippen molar-refractivity contribution in [3.8, 4) is 0 Å². The lowest BCUT2D eigenvalue weighted by atomic mass is 10.2. The summed E-state index contributed by atoms with van der Waals surface area (Å²) in [4.78, 5) is 24.6. The van der Waals surface area contributed by atoms with E-state index in [1.807, 2.05) is 6.92 Å². The van der Waals surface area contributed by atoms with Crippen molar-refractivity contribution in [2.24, 2.45) is 0 Å². The number of nitrogens with zero attached hydrogens (tertiary/aromatic N) is 2. The number of esters is 1. The van der Waals surface area contributed by atoms with Crippen LogP contribution >= 0.6 is 0 Å². The molecular formula is C12H19N3O3. The largest absolute Gasteiger partial charge is 0.448 e. The van der Waals surface area contributed by atoms with E-state index in [2.05, 4.69) is 10.2 Å². The highest BCUT2D eigenvalue weighted by Gasteiger charge is 2.21. The van der Waals surface area contributed by atoms with E-state index in [4.69, 9.17) is 4.74 Å². The standard InChI is InChI=1S/C12H19N3O3/c1-5-6-9-7-10(14-13-9)12(17)18-8(2)11(16)15(3)4/h7-8H,5-6H2,1-4H3,(H,13,14). The monoisotopic (exact) mass is 253 g/mol. The normalized spacial score (nSPS) is 12.0. The summed E-state index contributed by atoms with van der Waals surface area (Å²) in [5.41, 5.74) is 1.09.